The molecule has 3 heteroatoms. The van der Waals surface area contributed by atoms with Crippen LogP contribution < -0.4 is 0 Å². The summed E-state index contributed by atoms with van der Waals surface area (Å²) in [4.78, 5) is 15.6. The van der Waals surface area contributed by atoms with Crippen molar-refractivity contribution in [2.24, 2.45) is 0 Å². The molecule has 2 nitrogen and oxygen atoms in total. The molecule has 31 heavy (non-hydrogen) atoms. The first-order valence-electron chi connectivity index (χ1n) is 10.5. The third-order valence-electron chi connectivity index (χ3n) is 5.98. The molecule has 0 unspecified atom stereocenters. The average Bonchev–Trinajstić information content (AvgIpc) is 2.84. The van der Waals surface area contributed by atoms with Gasteiger partial charge in [0.2, 0.25) is 0 Å². The van der Waals surface area contributed by atoms with Crippen molar-refractivity contribution in [3.8, 4) is 11.1 Å². The van der Waals surface area contributed by atoms with Gasteiger partial charge in [0.05, 0.1) is 6.04 Å². The number of benzene rings is 4. The Kier molecular flexibility index (Phi) is 5.31. The number of amides is 1. The van der Waals surface area contributed by atoms with Crippen LogP contribution in [0.3, 0.4) is 0 Å². The van der Waals surface area contributed by atoms with Crippen molar-refractivity contribution >= 4 is 17.5 Å². The zero-order valence-corrected chi connectivity index (χ0v) is 17.8. The summed E-state index contributed by atoms with van der Waals surface area (Å²) in [6.45, 7) is 0.659. The molecule has 0 spiro atoms. The summed E-state index contributed by atoms with van der Waals surface area (Å²) < 4.78 is 0. The van der Waals surface area contributed by atoms with Gasteiger partial charge in [-0.1, -0.05) is 96.5 Å². The quantitative estimate of drug-likeness (QED) is 0.355. The molecule has 1 atom stereocenters. The van der Waals surface area contributed by atoms with Gasteiger partial charge < -0.3 is 4.90 Å². The van der Waals surface area contributed by atoms with Crippen molar-refractivity contribution in [1.29, 1.82) is 0 Å². The van der Waals surface area contributed by atoms with Gasteiger partial charge in [-0.2, -0.15) is 0 Å². The van der Waals surface area contributed by atoms with E-state index in [0.717, 1.165) is 28.7 Å². The van der Waals surface area contributed by atoms with Crippen molar-refractivity contribution in [3.63, 3.8) is 0 Å². The predicted molar refractivity (Wildman–Crippen MR) is 126 cm³/mol. The van der Waals surface area contributed by atoms with E-state index in [4.69, 9.17) is 11.6 Å². The maximum Gasteiger partial charge on any atom is 0.254 e. The Labute approximate surface area is 187 Å². The van der Waals surface area contributed by atoms with Gasteiger partial charge in [0, 0.05) is 17.1 Å². The second-order valence-corrected chi connectivity index (χ2v) is 8.22. The Morgan fingerprint density at radius 3 is 2.06 bits per heavy atom. The lowest BCUT2D eigenvalue weighted by Gasteiger charge is -2.38. The Hall–Kier alpha value is -3.36. The number of halogens is 1. The normalized spacial score (nSPS) is 15.4. The number of hydrogen-bond donors (Lipinski definition) is 0. The molecule has 5 rings (SSSR count). The molecule has 0 aromatic heterocycles. The van der Waals surface area contributed by atoms with E-state index in [-0.39, 0.29) is 11.9 Å². The largest absolute Gasteiger partial charge is 0.327 e. The number of carbonyl (C=O) groups is 1. The van der Waals surface area contributed by atoms with Crippen molar-refractivity contribution < 1.29 is 4.79 Å². The van der Waals surface area contributed by atoms with E-state index in [0.29, 0.717) is 17.1 Å². The number of fused-ring (bicyclic) bond motifs is 1. The molecule has 0 bridgehead atoms. The molecular formula is C28H22ClNO. The highest BCUT2D eigenvalue weighted by molar-refractivity contribution is 6.31. The predicted octanol–water partition coefficient (Wildman–Crippen LogP) is 6.79. The third-order valence-corrected chi connectivity index (χ3v) is 6.33. The summed E-state index contributed by atoms with van der Waals surface area (Å²) in [7, 11) is 0. The van der Waals surface area contributed by atoms with Crippen LogP contribution in [0, 0.1) is 0 Å². The zero-order valence-electron chi connectivity index (χ0n) is 17.0. The van der Waals surface area contributed by atoms with E-state index in [9.17, 15) is 4.79 Å². The molecule has 0 N–H and O–H groups in total. The van der Waals surface area contributed by atoms with Crippen molar-refractivity contribution in [2.45, 2.75) is 12.5 Å². The summed E-state index contributed by atoms with van der Waals surface area (Å²) in [6, 6.07) is 34.1. The molecule has 4 aromatic carbocycles. The number of carbonyl (C=O) groups excluding carboxylic acids is 1. The van der Waals surface area contributed by atoms with E-state index in [2.05, 4.69) is 30.3 Å². The van der Waals surface area contributed by atoms with E-state index in [1.165, 1.54) is 5.56 Å². The number of hydrogen-bond acceptors (Lipinski definition) is 1. The molecule has 1 aliphatic heterocycles. The summed E-state index contributed by atoms with van der Waals surface area (Å²) in [5.41, 5.74) is 6.32. The first-order valence-corrected chi connectivity index (χ1v) is 10.9. The minimum Gasteiger partial charge on any atom is -0.327 e. The van der Waals surface area contributed by atoms with Gasteiger partial charge in [-0.05, 0) is 52.4 Å². The lowest BCUT2D eigenvalue weighted by molar-refractivity contribution is 0.0694. The van der Waals surface area contributed by atoms with Crippen LogP contribution in [0.2, 0.25) is 5.02 Å². The maximum absolute atomic E-state index is 13.6. The van der Waals surface area contributed by atoms with E-state index in [1.807, 2.05) is 77.7 Å². The Balaban J connectivity index is 1.52. The first-order chi connectivity index (χ1) is 15.2. The summed E-state index contributed by atoms with van der Waals surface area (Å²) >= 11 is 6.59. The molecule has 0 radical (unpaired) electrons. The van der Waals surface area contributed by atoms with E-state index >= 15 is 0 Å². The van der Waals surface area contributed by atoms with Crippen molar-refractivity contribution in [2.75, 3.05) is 6.54 Å². The topological polar surface area (TPSA) is 20.3 Å². The van der Waals surface area contributed by atoms with Gasteiger partial charge >= 0.3 is 0 Å². The van der Waals surface area contributed by atoms with Crippen LogP contribution in [0.15, 0.2) is 103 Å². The minimum atomic E-state index is -0.194. The second kappa shape index (κ2) is 8.41. The molecule has 1 heterocycles. The summed E-state index contributed by atoms with van der Waals surface area (Å²) in [5, 5.41) is 0.682. The highest BCUT2D eigenvalue weighted by atomic mass is 35.5. The molecule has 1 aliphatic rings. The molecule has 4 aromatic rings. The molecule has 1 amide bonds. The zero-order chi connectivity index (χ0) is 21.2. The van der Waals surface area contributed by atoms with Crippen LogP contribution in [-0.2, 0) is 6.42 Å². The van der Waals surface area contributed by atoms with Gasteiger partial charge in [-0.15, -0.1) is 0 Å². The maximum atomic E-state index is 13.6. The van der Waals surface area contributed by atoms with Crippen molar-refractivity contribution in [1.82, 2.24) is 4.90 Å². The molecule has 0 saturated carbocycles. The summed E-state index contributed by atoms with van der Waals surface area (Å²) in [6.07, 6.45) is 0.838. The molecule has 0 fully saturated rings. The Bertz CT molecular complexity index is 1220. The second-order valence-electron chi connectivity index (χ2n) is 7.81. The van der Waals surface area contributed by atoms with Gasteiger partial charge in [0.1, 0.15) is 0 Å². The highest BCUT2D eigenvalue weighted by Gasteiger charge is 2.33. The lowest BCUT2D eigenvalue weighted by atomic mass is 9.87. The SMILES string of the molecule is O=C(c1ccc(-c2ccccc2)cc1)N1CCc2ccccc2[C@H]1c1ccccc1Cl. The van der Waals surface area contributed by atoms with Gasteiger partial charge in [0.15, 0.2) is 0 Å². The van der Waals surface area contributed by atoms with Gasteiger partial charge in [-0.3, -0.25) is 4.79 Å². The molecule has 0 saturated heterocycles. The number of rotatable bonds is 3. The minimum absolute atomic E-state index is 0.0269. The summed E-state index contributed by atoms with van der Waals surface area (Å²) in [5.74, 6) is 0.0269. The van der Waals surface area contributed by atoms with E-state index in [1.54, 1.807) is 0 Å². The average molecular weight is 424 g/mol. The number of nitrogens with zero attached hydrogens (tertiary/aromatic N) is 1. The molecule has 0 aliphatic carbocycles. The Morgan fingerprint density at radius 1 is 0.710 bits per heavy atom. The molecular weight excluding hydrogens is 402 g/mol. The van der Waals surface area contributed by atoms with Gasteiger partial charge in [0.25, 0.3) is 5.91 Å². The first kappa shape index (κ1) is 19.6. The molecule has 152 valence electrons. The Morgan fingerprint density at radius 2 is 1.32 bits per heavy atom. The van der Waals surface area contributed by atoms with Crippen molar-refractivity contribution in [3.05, 3.63) is 130 Å². The van der Waals surface area contributed by atoms with Crippen LogP contribution in [0.5, 0.6) is 0 Å². The van der Waals surface area contributed by atoms with Crippen LogP contribution in [0.4, 0.5) is 0 Å². The fraction of sp³-hybridized carbons (Fsp3) is 0.107. The fourth-order valence-corrected chi connectivity index (χ4v) is 4.66. The van der Waals surface area contributed by atoms with Crippen LogP contribution in [-0.4, -0.2) is 17.4 Å². The standard InChI is InChI=1S/C28H22ClNO/c29-26-13-7-6-12-25(26)27-24-11-5-4-10-22(24)18-19-30(27)28(31)23-16-14-21(15-17-23)20-8-2-1-3-9-20/h1-17,27H,18-19H2/t27-/m0/s1. The van der Waals surface area contributed by atoms with Crippen LogP contribution in [0.25, 0.3) is 11.1 Å². The highest BCUT2D eigenvalue weighted by Crippen LogP contribution is 2.39. The smallest absolute Gasteiger partial charge is 0.254 e. The van der Waals surface area contributed by atoms with E-state index < -0.39 is 0 Å². The van der Waals surface area contributed by atoms with Gasteiger partial charge in [-0.25, -0.2) is 0 Å². The van der Waals surface area contributed by atoms with Crippen LogP contribution in [0.1, 0.15) is 33.1 Å². The fourth-order valence-electron chi connectivity index (χ4n) is 4.42. The third kappa shape index (κ3) is 3.75. The van der Waals surface area contributed by atoms with Crippen LogP contribution >= 0.6 is 11.6 Å². The monoisotopic (exact) mass is 423 g/mol. The lowest BCUT2D eigenvalue weighted by Crippen LogP contribution is -2.40.